The molecule has 0 aliphatic heterocycles. The molecule has 144 valence electrons. The number of hydrogen-bond acceptors (Lipinski definition) is 6. The van der Waals surface area contributed by atoms with Gasteiger partial charge in [0.15, 0.2) is 5.65 Å². The molecule has 5 N–H and O–H groups in total. The molecule has 0 saturated carbocycles. The number of alkyl halides is 2. The molecule has 1 amide bonds. The number of ether oxygens (including phenoxy) is 1. The zero-order valence-electron chi connectivity index (χ0n) is 14.0. The molecule has 28 heavy (non-hydrogen) atoms. The Morgan fingerprint density at radius 3 is 2.89 bits per heavy atom. The molecule has 0 atom stereocenters. The number of nitrogens with two attached hydrogens (primary N) is 1. The Labute approximate surface area is 161 Å². The number of aromatic amines is 1. The molecule has 3 aromatic rings. The van der Waals surface area contributed by atoms with E-state index in [4.69, 9.17) is 22.7 Å². The first-order valence-corrected chi connectivity index (χ1v) is 8.13. The Morgan fingerprint density at radius 1 is 1.39 bits per heavy atom. The summed E-state index contributed by atoms with van der Waals surface area (Å²) in [6, 6.07) is 5.49. The van der Waals surface area contributed by atoms with E-state index in [1.807, 2.05) is 0 Å². The smallest absolute Gasteiger partial charge is 0.387 e. The molecule has 0 spiro atoms. The molecule has 0 saturated heterocycles. The van der Waals surface area contributed by atoms with Crippen molar-refractivity contribution < 1.29 is 18.3 Å². The SMILES string of the molecule is N=CC(NC(=O)c1cnc2[nH]ccc2n1)=C(N)c1cc(Cl)ccc1OC(F)F. The number of nitrogens with one attached hydrogen (secondary N) is 3. The second-order valence-corrected chi connectivity index (χ2v) is 5.85. The summed E-state index contributed by atoms with van der Waals surface area (Å²) >= 11 is 5.90. The molecular weight excluding hydrogens is 394 g/mol. The minimum absolute atomic E-state index is 0.00114. The second kappa shape index (κ2) is 8.01. The Bertz CT molecular complexity index is 1080. The highest BCUT2D eigenvalue weighted by atomic mass is 35.5. The van der Waals surface area contributed by atoms with Crippen molar-refractivity contribution in [2.45, 2.75) is 6.61 Å². The van der Waals surface area contributed by atoms with E-state index in [2.05, 4.69) is 25.0 Å². The van der Waals surface area contributed by atoms with Gasteiger partial charge in [0.25, 0.3) is 5.91 Å². The van der Waals surface area contributed by atoms with E-state index in [0.29, 0.717) is 11.2 Å². The number of carbonyl (C=O) groups is 1. The first kappa shape index (κ1) is 19.2. The molecule has 11 heteroatoms. The number of hydrogen-bond donors (Lipinski definition) is 4. The minimum Gasteiger partial charge on any atom is -0.434 e. The fraction of sp³-hybridized carbons (Fsp3) is 0.0588. The van der Waals surface area contributed by atoms with Crippen LogP contribution >= 0.6 is 11.6 Å². The Balaban J connectivity index is 1.94. The van der Waals surface area contributed by atoms with Crippen LogP contribution in [0.1, 0.15) is 16.1 Å². The summed E-state index contributed by atoms with van der Waals surface area (Å²) in [5.41, 5.74) is 6.61. The number of allylic oxidation sites excluding steroid dienone is 1. The Morgan fingerprint density at radius 2 is 2.18 bits per heavy atom. The van der Waals surface area contributed by atoms with Gasteiger partial charge in [-0.2, -0.15) is 8.78 Å². The van der Waals surface area contributed by atoms with Crippen molar-refractivity contribution in [1.82, 2.24) is 20.3 Å². The normalized spacial score (nSPS) is 12.0. The molecule has 0 unspecified atom stereocenters. The monoisotopic (exact) mass is 406 g/mol. The van der Waals surface area contributed by atoms with Crippen molar-refractivity contribution in [3.8, 4) is 5.75 Å². The molecular formula is C17H13ClF2N6O2. The van der Waals surface area contributed by atoms with E-state index in [0.717, 1.165) is 6.21 Å². The molecule has 2 aromatic heterocycles. The van der Waals surface area contributed by atoms with Gasteiger partial charge in [-0.3, -0.25) is 4.79 Å². The molecule has 8 nitrogen and oxygen atoms in total. The van der Waals surface area contributed by atoms with Crippen LogP contribution in [0, 0.1) is 5.41 Å². The standard InChI is InChI=1S/C17H13ClF2N6O2/c18-8-1-2-13(28-17(19)20)9(5-8)14(22)11(6-21)26-16(27)12-7-24-15-10(25-12)3-4-23-15/h1-7,17,21H,22H2,(H,23,24)(H,26,27). The quantitative estimate of drug-likeness (QED) is 0.467. The maximum atomic E-state index is 12.6. The molecule has 0 bridgehead atoms. The number of rotatable bonds is 6. The van der Waals surface area contributed by atoms with E-state index in [-0.39, 0.29) is 33.4 Å². The Hall–Kier alpha value is -3.53. The highest BCUT2D eigenvalue weighted by Crippen LogP contribution is 2.29. The summed E-state index contributed by atoms with van der Waals surface area (Å²) in [5.74, 6) is -0.936. The Kier molecular flexibility index (Phi) is 5.50. The third-order valence-electron chi connectivity index (χ3n) is 3.62. The van der Waals surface area contributed by atoms with E-state index >= 15 is 0 Å². The topological polar surface area (TPSA) is 130 Å². The summed E-state index contributed by atoms with van der Waals surface area (Å²) in [6.45, 7) is -3.09. The predicted octanol–water partition coefficient (Wildman–Crippen LogP) is 2.92. The van der Waals surface area contributed by atoms with Crippen molar-refractivity contribution in [3.05, 3.63) is 58.6 Å². The van der Waals surface area contributed by atoms with E-state index in [9.17, 15) is 13.6 Å². The second-order valence-electron chi connectivity index (χ2n) is 5.41. The third kappa shape index (κ3) is 4.07. The van der Waals surface area contributed by atoms with Crippen LogP contribution in [0.5, 0.6) is 5.75 Å². The predicted molar refractivity (Wildman–Crippen MR) is 99.3 cm³/mol. The van der Waals surface area contributed by atoms with Crippen LogP contribution in [0.2, 0.25) is 5.02 Å². The van der Waals surface area contributed by atoms with Gasteiger partial charge in [-0.1, -0.05) is 11.6 Å². The van der Waals surface area contributed by atoms with Crippen LogP contribution < -0.4 is 15.8 Å². The van der Waals surface area contributed by atoms with Gasteiger partial charge in [0.2, 0.25) is 0 Å². The largest absolute Gasteiger partial charge is 0.434 e. The third-order valence-corrected chi connectivity index (χ3v) is 3.86. The molecule has 0 fully saturated rings. The summed E-state index contributed by atoms with van der Waals surface area (Å²) in [5, 5.41) is 10.1. The molecule has 1 aromatic carbocycles. The average Bonchev–Trinajstić information content (AvgIpc) is 3.14. The van der Waals surface area contributed by atoms with Crippen molar-refractivity contribution >= 4 is 40.6 Å². The first-order valence-electron chi connectivity index (χ1n) is 7.75. The van der Waals surface area contributed by atoms with Gasteiger partial charge in [-0.05, 0) is 24.3 Å². The highest BCUT2D eigenvalue weighted by Gasteiger charge is 2.17. The van der Waals surface area contributed by atoms with Crippen LogP contribution in [0.4, 0.5) is 8.78 Å². The maximum Gasteiger partial charge on any atom is 0.387 e. The number of halogens is 3. The van der Waals surface area contributed by atoms with Crippen molar-refractivity contribution in [2.24, 2.45) is 5.73 Å². The van der Waals surface area contributed by atoms with Gasteiger partial charge < -0.3 is 26.2 Å². The summed E-state index contributed by atoms with van der Waals surface area (Å²) in [7, 11) is 0. The fourth-order valence-electron chi connectivity index (χ4n) is 2.36. The summed E-state index contributed by atoms with van der Waals surface area (Å²) < 4.78 is 29.7. The maximum absolute atomic E-state index is 12.6. The zero-order chi connectivity index (χ0) is 20.3. The van der Waals surface area contributed by atoms with Gasteiger partial charge >= 0.3 is 6.61 Å². The lowest BCUT2D eigenvalue weighted by Crippen LogP contribution is -2.27. The van der Waals surface area contributed by atoms with Gasteiger partial charge in [-0.25, -0.2) is 9.97 Å². The highest BCUT2D eigenvalue weighted by molar-refractivity contribution is 6.30. The van der Waals surface area contributed by atoms with Crippen LogP contribution in [0.25, 0.3) is 16.9 Å². The number of aromatic nitrogens is 3. The lowest BCUT2D eigenvalue weighted by atomic mass is 10.1. The molecule has 2 heterocycles. The van der Waals surface area contributed by atoms with Crippen LogP contribution in [0.3, 0.4) is 0 Å². The number of carbonyl (C=O) groups excluding carboxylic acids is 1. The molecule has 3 rings (SSSR count). The number of amides is 1. The molecule has 0 radical (unpaired) electrons. The average molecular weight is 407 g/mol. The first-order chi connectivity index (χ1) is 13.4. The van der Waals surface area contributed by atoms with Crippen LogP contribution in [-0.4, -0.2) is 33.7 Å². The number of H-pyrrole nitrogens is 1. The van der Waals surface area contributed by atoms with Gasteiger partial charge in [-0.15, -0.1) is 0 Å². The molecule has 0 aliphatic rings. The zero-order valence-corrected chi connectivity index (χ0v) is 14.8. The van der Waals surface area contributed by atoms with E-state index < -0.39 is 12.5 Å². The van der Waals surface area contributed by atoms with Crippen molar-refractivity contribution in [3.63, 3.8) is 0 Å². The van der Waals surface area contributed by atoms with E-state index in [1.54, 1.807) is 12.3 Å². The number of fused-ring (bicyclic) bond motifs is 1. The minimum atomic E-state index is -3.09. The summed E-state index contributed by atoms with van der Waals surface area (Å²) in [4.78, 5) is 23.5. The van der Waals surface area contributed by atoms with Gasteiger partial charge in [0, 0.05) is 23.0 Å². The van der Waals surface area contributed by atoms with Crippen molar-refractivity contribution in [2.75, 3.05) is 0 Å². The lowest BCUT2D eigenvalue weighted by Gasteiger charge is -2.14. The van der Waals surface area contributed by atoms with Crippen molar-refractivity contribution in [1.29, 1.82) is 5.41 Å². The van der Waals surface area contributed by atoms with E-state index in [1.165, 1.54) is 24.4 Å². The van der Waals surface area contributed by atoms with Gasteiger partial charge in [0.1, 0.15) is 17.0 Å². The fourth-order valence-corrected chi connectivity index (χ4v) is 2.54. The lowest BCUT2D eigenvalue weighted by molar-refractivity contribution is -0.0500. The molecule has 0 aliphatic carbocycles. The van der Waals surface area contributed by atoms with Crippen LogP contribution in [-0.2, 0) is 0 Å². The van der Waals surface area contributed by atoms with Gasteiger partial charge in [0.05, 0.1) is 17.6 Å². The number of nitrogens with zero attached hydrogens (tertiary/aromatic N) is 2. The van der Waals surface area contributed by atoms with Crippen LogP contribution in [0.15, 0.2) is 42.4 Å². The number of benzene rings is 1. The summed E-state index contributed by atoms with van der Waals surface area (Å²) in [6.07, 6.45) is 3.64.